The van der Waals surface area contributed by atoms with Crippen LogP contribution in [-0.2, 0) is 9.59 Å². The SMILES string of the molecule is O=C(O)C1=C(O)C2CCNCC2NC1=O. The van der Waals surface area contributed by atoms with Gasteiger partial charge in [0.25, 0.3) is 5.91 Å². The summed E-state index contributed by atoms with van der Waals surface area (Å²) in [6.45, 7) is 1.28. The number of aliphatic hydroxyl groups is 1. The van der Waals surface area contributed by atoms with Crippen molar-refractivity contribution in [1.82, 2.24) is 10.6 Å². The molecule has 0 aromatic heterocycles. The number of carboxylic acid groups (broad SMARTS) is 1. The van der Waals surface area contributed by atoms with Crippen LogP contribution < -0.4 is 10.6 Å². The van der Waals surface area contributed by atoms with E-state index in [0.29, 0.717) is 19.5 Å². The van der Waals surface area contributed by atoms with E-state index in [1.807, 2.05) is 0 Å². The van der Waals surface area contributed by atoms with Gasteiger partial charge in [0.05, 0.1) is 6.04 Å². The van der Waals surface area contributed by atoms with Crippen molar-refractivity contribution in [3.8, 4) is 0 Å². The van der Waals surface area contributed by atoms with Crippen molar-refractivity contribution >= 4 is 11.9 Å². The molecule has 0 radical (unpaired) electrons. The van der Waals surface area contributed by atoms with Crippen LogP contribution in [0.2, 0.25) is 0 Å². The van der Waals surface area contributed by atoms with Gasteiger partial charge < -0.3 is 20.8 Å². The van der Waals surface area contributed by atoms with E-state index in [0.717, 1.165) is 0 Å². The van der Waals surface area contributed by atoms with Crippen LogP contribution in [0.1, 0.15) is 6.42 Å². The number of amides is 1. The second-order valence-electron chi connectivity index (χ2n) is 3.74. The third-order valence-electron chi connectivity index (χ3n) is 2.85. The van der Waals surface area contributed by atoms with Crippen LogP contribution in [0.25, 0.3) is 0 Å². The van der Waals surface area contributed by atoms with Gasteiger partial charge in [-0.2, -0.15) is 0 Å². The predicted molar refractivity (Wildman–Crippen MR) is 50.2 cm³/mol. The first kappa shape index (κ1) is 9.97. The number of carboxylic acids is 1. The topological polar surface area (TPSA) is 98.7 Å². The fourth-order valence-electron chi connectivity index (χ4n) is 2.09. The van der Waals surface area contributed by atoms with Crippen molar-refractivity contribution in [1.29, 1.82) is 0 Å². The lowest BCUT2D eigenvalue weighted by molar-refractivity contribution is -0.136. The van der Waals surface area contributed by atoms with Crippen LogP contribution in [0.5, 0.6) is 0 Å². The summed E-state index contributed by atoms with van der Waals surface area (Å²) in [5.41, 5.74) is -0.516. The quantitative estimate of drug-likeness (QED) is 0.417. The van der Waals surface area contributed by atoms with Gasteiger partial charge >= 0.3 is 5.97 Å². The minimum absolute atomic E-state index is 0.200. The monoisotopic (exact) mass is 212 g/mol. The molecule has 2 aliphatic rings. The number of carbonyl (C=O) groups is 2. The molecule has 82 valence electrons. The van der Waals surface area contributed by atoms with E-state index in [2.05, 4.69) is 10.6 Å². The highest BCUT2D eigenvalue weighted by molar-refractivity contribution is 6.16. The zero-order chi connectivity index (χ0) is 11.0. The molecular weight excluding hydrogens is 200 g/mol. The Bertz CT molecular complexity index is 350. The summed E-state index contributed by atoms with van der Waals surface area (Å²) >= 11 is 0. The number of carbonyl (C=O) groups excluding carboxylic acids is 1. The van der Waals surface area contributed by atoms with Crippen molar-refractivity contribution in [2.45, 2.75) is 12.5 Å². The van der Waals surface area contributed by atoms with E-state index in [-0.39, 0.29) is 17.7 Å². The standard InChI is InChI=1S/C9H12N2O4/c12-7-4-1-2-10-3-5(4)11-8(13)6(7)9(14)15/h4-5,10,12H,1-3H2,(H,11,13)(H,14,15). The second-order valence-corrected chi connectivity index (χ2v) is 3.74. The molecule has 6 heteroatoms. The van der Waals surface area contributed by atoms with E-state index in [4.69, 9.17) is 5.11 Å². The number of hydrogen-bond donors (Lipinski definition) is 4. The summed E-state index contributed by atoms with van der Waals surface area (Å²) in [6, 6.07) is -0.200. The van der Waals surface area contributed by atoms with Gasteiger partial charge in [0.15, 0.2) is 5.57 Å². The summed E-state index contributed by atoms with van der Waals surface area (Å²) in [6.07, 6.45) is 0.632. The average Bonchev–Trinajstić information content (AvgIpc) is 2.17. The molecule has 2 aliphatic heterocycles. The molecule has 4 N–H and O–H groups in total. The molecule has 0 bridgehead atoms. The molecule has 1 fully saturated rings. The molecule has 0 spiro atoms. The second kappa shape index (κ2) is 3.54. The van der Waals surface area contributed by atoms with Crippen LogP contribution in [0, 0.1) is 5.92 Å². The number of aliphatic carboxylic acids is 1. The molecule has 1 saturated heterocycles. The predicted octanol–water partition coefficient (Wildman–Crippen LogP) is -1.01. The zero-order valence-corrected chi connectivity index (χ0v) is 7.99. The fraction of sp³-hybridized carbons (Fsp3) is 0.556. The normalized spacial score (nSPS) is 30.8. The average molecular weight is 212 g/mol. The van der Waals surface area contributed by atoms with Crippen LogP contribution in [0.3, 0.4) is 0 Å². The van der Waals surface area contributed by atoms with Crippen molar-refractivity contribution in [2.24, 2.45) is 5.92 Å². The molecule has 1 amide bonds. The molecule has 0 aromatic rings. The molecule has 15 heavy (non-hydrogen) atoms. The van der Waals surface area contributed by atoms with E-state index < -0.39 is 17.4 Å². The summed E-state index contributed by atoms with van der Waals surface area (Å²) in [5.74, 6) is -2.63. The van der Waals surface area contributed by atoms with Gasteiger partial charge in [-0.1, -0.05) is 0 Å². The number of rotatable bonds is 1. The van der Waals surface area contributed by atoms with E-state index in [9.17, 15) is 14.7 Å². The lowest BCUT2D eigenvalue weighted by Crippen LogP contribution is -2.55. The fourth-order valence-corrected chi connectivity index (χ4v) is 2.09. The van der Waals surface area contributed by atoms with E-state index in [1.165, 1.54) is 0 Å². The molecule has 0 aliphatic carbocycles. The van der Waals surface area contributed by atoms with Crippen LogP contribution in [0.4, 0.5) is 0 Å². The Labute approximate surface area is 86.0 Å². The van der Waals surface area contributed by atoms with Gasteiger partial charge in [0.1, 0.15) is 5.76 Å². The van der Waals surface area contributed by atoms with Crippen molar-refractivity contribution in [2.75, 3.05) is 13.1 Å². The Morgan fingerprint density at radius 2 is 2.20 bits per heavy atom. The number of hydrogen-bond acceptors (Lipinski definition) is 4. The third kappa shape index (κ3) is 1.56. The van der Waals surface area contributed by atoms with Crippen LogP contribution >= 0.6 is 0 Å². The first-order valence-corrected chi connectivity index (χ1v) is 4.79. The maximum atomic E-state index is 11.4. The number of fused-ring (bicyclic) bond motifs is 1. The summed E-state index contributed by atoms with van der Waals surface area (Å²) in [7, 11) is 0. The highest BCUT2D eigenvalue weighted by atomic mass is 16.4. The third-order valence-corrected chi connectivity index (χ3v) is 2.85. The van der Waals surface area contributed by atoms with Crippen molar-refractivity contribution in [3.63, 3.8) is 0 Å². The molecular formula is C9H12N2O4. The van der Waals surface area contributed by atoms with E-state index >= 15 is 0 Å². The summed E-state index contributed by atoms with van der Waals surface area (Å²) < 4.78 is 0. The first-order valence-electron chi connectivity index (χ1n) is 4.79. The van der Waals surface area contributed by atoms with Crippen LogP contribution in [-0.4, -0.2) is 41.2 Å². The van der Waals surface area contributed by atoms with E-state index in [1.54, 1.807) is 0 Å². The molecule has 0 aromatic carbocycles. The van der Waals surface area contributed by atoms with Gasteiger partial charge in [-0.15, -0.1) is 0 Å². The Morgan fingerprint density at radius 3 is 2.87 bits per heavy atom. The van der Waals surface area contributed by atoms with Crippen molar-refractivity contribution < 1.29 is 19.8 Å². The Balaban J connectivity index is 2.36. The van der Waals surface area contributed by atoms with Gasteiger partial charge in [-0.25, -0.2) is 4.79 Å². The maximum absolute atomic E-state index is 11.4. The Kier molecular flexibility index (Phi) is 2.36. The highest BCUT2D eigenvalue weighted by Gasteiger charge is 2.39. The molecule has 2 rings (SSSR count). The molecule has 0 saturated carbocycles. The lowest BCUT2D eigenvalue weighted by Gasteiger charge is -2.35. The number of piperidine rings is 1. The minimum atomic E-state index is -1.37. The lowest BCUT2D eigenvalue weighted by atomic mass is 9.85. The minimum Gasteiger partial charge on any atom is -0.511 e. The smallest absolute Gasteiger partial charge is 0.344 e. The molecule has 2 atom stereocenters. The van der Waals surface area contributed by atoms with Crippen LogP contribution in [0.15, 0.2) is 11.3 Å². The summed E-state index contributed by atoms with van der Waals surface area (Å²) in [5, 5.41) is 24.1. The Hall–Kier alpha value is -1.56. The van der Waals surface area contributed by atoms with Gasteiger partial charge in [-0.3, -0.25) is 4.79 Å². The molecule has 2 heterocycles. The van der Waals surface area contributed by atoms with Gasteiger partial charge in [-0.05, 0) is 13.0 Å². The van der Waals surface area contributed by atoms with Gasteiger partial charge in [0.2, 0.25) is 0 Å². The highest BCUT2D eigenvalue weighted by Crippen LogP contribution is 2.26. The Morgan fingerprint density at radius 1 is 1.47 bits per heavy atom. The number of nitrogens with one attached hydrogen (secondary N) is 2. The maximum Gasteiger partial charge on any atom is 0.344 e. The first-order chi connectivity index (χ1) is 7.11. The number of aliphatic hydroxyl groups excluding tert-OH is 1. The van der Waals surface area contributed by atoms with Crippen molar-refractivity contribution in [3.05, 3.63) is 11.3 Å². The summed E-state index contributed by atoms with van der Waals surface area (Å²) in [4.78, 5) is 22.1. The molecule has 6 nitrogen and oxygen atoms in total. The largest absolute Gasteiger partial charge is 0.511 e. The molecule has 2 unspecified atom stereocenters. The zero-order valence-electron chi connectivity index (χ0n) is 7.99. The van der Waals surface area contributed by atoms with Gasteiger partial charge in [0, 0.05) is 12.5 Å².